The van der Waals surface area contributed by atoms with Crippen molar-refractivity contribution in [3.05, 3.63) is 143 Å². The third-order valence-electron chi connectivity index (χ3n) is 9.91. The van der Waals surface area contributed by atoms with Gasteiger partial charge >= 0.3 is 0 Å². The summed E-state index contributed by atoms with van der Waals surface area (Å²) in [6.07, 6.45) is 2.04. The number of amides is 1. The van der Waals surface area contributed by atoms with Gasteiger partial charge in [0.25, 0.3) is 5.91 Å². The molecule has 0 radical (unpaired) electrons. The number of hydrogen-bond donors (Lipinski definition) is 0. The molecule has 0 atom stereocenters. The van der Waals surface area contributed by atoms with Gasteiger partial charge in [-0.1, -0.05) is 114 Å². The minimum atomic E-state index is 0. The number of aryl methyl sites for hydroxylation is 2. The van der Waals surface area contributed by atoms with Crippen molar-refractivity contribution in [3.63, 3.8) is 0 Å². The summed E-state index contributed by atoms with van der Waals surface area (Å²) in [6.45, 7) is 14.7. The molecule has 0 bridgehead atoms. The molecule has 0 spiro atoms. The molecular formula is C43H47BrN2O. The fraction of sp³-hybridized carbons (Fsp3) is 0.279. The van der Waals surface area contributed by atoms with Crippen LogP contribution in [-0.4, -0.2) is 41.5 Å². The molecule has 6 aromatic rings. The van der Waals surface area contributed by atoms with Crippen LogP contribution < -0.4 is 17.0 Å². The maximum atomic E-state index is 14.8. The maximum Gasteiger partial charge on any atom is 0.255 e. The number of benzene rings is 6. The summed E-state index contributed by atoms with van der Waals surface area (Å²) in [5.74, 6) is 0.114. The Balaban J connectivity index is 0.00000433. The molecule has 4 heteroatoms. The molecule has 0 N–H and O–H groups in total. The van der Waals surface area contributed by atoms with E-state index in [9.17, 15) is 4.79 Å². The van der Waals surface area contributed by atoms with Gasteiger partial charge in [0.1, 0.15) is 6.54 Å². The lowest BCUT2D eigenvalue weighted by Crippen LogP contribution is -3.00. The maximum absolute atomic E-state index is 14.8. The van der Waals surface area contributed by atoms with E-state index in [-0.39, 0.29) is 22.9 Å². The van der Waals surface area contributed by atoms with Gasteiger partial charge in [0.2, 0.25) is 0 Å². The molecule has 1 amide bonds. The number of hydrogen-bond acceptors (Lipinski definition) is 1. The lowest BCUT2D eigenvalue weighted by molar-refractivity contribution is -0.938. The van der Waals surface area contributed by atoms with Gasteiger partial charge in [-0.15, -0.1) is 0 Å². The van der Waals surface area contributed by atoms with Gasteiger partial charge in [0.05, 0.1) is 25.2 Å². The zero-order valence-electron chi connectivity index (χ0n) is 28.3. The van der Waals surface area contributed by atoms with Gasteiger partial charge in [0.15, 0.2) is 0 Å². The summed E-state index contributed by atoms with van der Waals surface area (Å²) in [5.41, 5.74) is 6.08. The molecular weight excluding hydrogens is 640 g/mol. The van der Waals surface area contributed by atoms with Crippen molar-refractivity contribution in [3.8, 4) is 0 Å². The second-order valence-electron chi connectivity index (χ2n) is 13.2. The Morgan fingerprint density at radius 1 is 0.617 bits per heavy atom. The Morgan fingerprint density at radius 2 is 1.19 bits per heavy atom. The monoisotopic (exact) mass is 686 g/mol. The average molecular weight is 688 g/mol. The molecule has 0 unspecified atom stereocenters. The van der Waals surface area contributed by atoms with Gasteiger partial charge in [-0.05, 0) is 90.6 Å². The molecule has 0 aliphatic carbocycles. The molecule has 6 aromatic carbocycles. The Hall–Kier alpha value is -3.99. The highest BCUT2D eigenvalue weighted by molar-refractivity contribution is 6.18. The third-order valence-corrected chi connectivity index (χ3v) is 9.91. The molecule has 0 heterocycles. The van der Waals surface area contributed by atoms with E-state index in [4.69, 9.17) is 0 Å². The van der Waals surface area contributed by atoms with E-state index in [0.717, 1.165) is 77.2 Å². The second-order valence-corrected chi connectivity index (χ2v) is 13.2. The largest absolute Gasteiger partial charge is 1.00 e. The highest BCUT2D eigenvalue weighted by Crippen LogP contribution is 2.30. The van der Waals surface area contributed by atoms with Gasteiger partial charge in [-0.3, -0.25) is 4.79 Å². The van der Waals surface area contributed by atoms with Gasteiger partial charge in [0, 0.05) is 18.7 Å². The Labute approximate surface area is 291 Å². The Morgan fingerprint density at radius 3 is 1.81 bits per heavy atom. The molecule has 0 aromatic heterocycles. The zero-order chi connectivity index (χ0) is 32.1. The molecule has 0 aliphatic rings. The van der Waals surface area contributed by atoms with Crippen molar-refractivity contribution in [1.29, 1.82) is 0 Å². The first-order valence-electron chi connectivity index (χ1n) is 17.0. The number of fused-ring (bicyclic) bond motifs is 3. The van der Waals surface area contributed by atoms with E-state index < -0.39 is 0 Å². The number of nitrogens with zero attached hydrogens (tertiary/aromatic N) is 2. The number of quaternary nitrogens is 1. The minimum absolute atomic E-state index is 0. The van der Waals surface area contributed by atoms with Crippen LogP contribution in [0.5, 0.6) is 0 Å². The first-order valence-corrected chi connectivity index (χ1v) is 17.0. The van der Waals surface area contributed by atoms with Crippen LogP contribution in [0, 0.1) is 13.8 Å². The van der Waals surface area contributed by atoms with Crippen LogP contribution in [0.25, 0.3) is 32.3 Å². The normalized spacial score (nSPS) is 11.6. The summed E-state index contributed by atoms with van der Waals surface area (Å²) < 4.78 is 1.06. The number of halogens is 1. The van der Waals surface area contributed by atoms with E-state index in [2.05, 4.69) is 136 Å². The van der Waals surface area contributed by atoms with Crippen LogP contribution >= 0.6 is 0 Å². The first-order chi connectivity index (χ1) is 22.4. The van der Waals surface area contributed by atoms with Crippen molar-refractivity contribution in [2.75, 3.05) is 26.2 Å². The van der Waals surface area contributed by atoms with Gasteiger partial charge in [-0.25, -0.2) is 0 Å². The molecule has 47 heavy (non-hydrogen) atoms. The van der Waals surface area contributed by atoms with Crippen molar-refractivity contribution in [2.45, 2.75) is 53.6 Å². The molecule has 242 valence electrons. The lowest BCUT2D eigenvalue weighted by atomic mass is 9.95. The third kappa shape index (κ3) is 7.77. The summed E-state index contributed by atoms with van der Waals surface area (Å²) in [6, 6.07) is 40.9. The first kappa shape index (κ1) is 34.3. The van der Waals surface area contributed by atoms with Crippen molar-refractivity contribution in [1.82, 2.24) is 4.90 Å². The molecule has 0 aliphatic heterocycles. The quantitative estimate of drug-likeness (QED) is 0.0755. The summed E-state index contributed by atoms with van der Waals surface area (Å²) in [4.78, 5) is 16.9. The number of carbonyl (C=O) groups excluding carboxylic acids is 1. The molecule has 0 fully saturated rings. The number of carbonyl (C=O) groups is 1. The topological polar surface area (TPSA) is 20.3 Å². The Kier molecular flexibility index (Phi) is 11.2. The molecule has 6 rings (SSSR count). The van der Waals surface area contributed by atoms with Crippen LogP contribution in [0.3, 0.4) is 0 Å². The minimum Gasteiger partial charge on any atom is -1.00 e. The van der Waals surface area contributed by atoms with E-state index in [1.807, 2.05) is 12.1 Å². The molecule has 0 saturated heterocycles. The molecule has 0 saturated carbocycles. The lowest BCUT2D eigenvalue weighted by Gasteiger charge is -2.37. The van der Waals surface area contributed by atoms with Crippen molar-refractivity contribution < 1.29 is 26.3 Å². The highest BCUT2D eigenvalue weighted by atomic mass is 79.9. The predicted octanol–water partition coefficient (Wildman–Crippen LogP) is 7.25. The van der Waals surface area contributed by atoms with Crippen molar-refractivity contribution >= 4 is 38.2 Å². The summed E-state index contributed by atoms with van der Waals surface area (Å²) in [7, 11) is 0. The smallest absolute Gasteiger partial charge is 0.255 e. The summed E-state index contributed by atoms with van der Waals surface area (Å²) in [5, 5.41) is 6.69. The SMILES string of the molecule is CC[N+](CC)(CCCCN(Cc1ccc2ccccc2c1)C(=O)c1c2ccccc2cc2ccccc12)Cc1cc(C)cc(C)c1.[Br-]. The van der Waals surface area contributed by atoms with Crippen LogP contribution in [-0.2, 0) is 13.1 Å². The fourth-order valence-corrected chi connectivity index (χ4v) is 7.35. The predicted molar refractivity (Wildman–Crippen MR) is 195 cm³/mol. The Bertz CT molecular complexity index is 1920. The van der Waals surface area contributed by atoms with Crippen LogP contribution in [0.15, 0.2) is 115 Å². The van der Waals surface area contributed by atoms with Gasteiger partial charge < -0.3 is 26.4 Å². The average Bonchev–Trinajstić information content (AvgIpc) is 3.07. The zero-order valence-corrected chi connectivity index (χ0v) is 29.9. The highest BCUT2D eigenvalue weighted by Gasteiger charge is 2.25. The van der Waals surface area contributed by atoms with E-state index in [0.29, 0.717) is 6.54 Å². The van der Waals surface area contributed by atoms with E-state index in [1.54, 1.807) is 0 Å². The summed E-state index contributed by atoms with van der Waals surface area (Å²) >= 11 is 0. The number of unbranched alkanes of at least 4 members (excludes halogenated alkanes) is 1. The van der Waals surface area contributed by atoms with Gasteiger partial charge in [-0.2, -0.15) is 0 Å². The van der Waals surface area contributed by atoms with E-state index >= 15 is 0 Å². The van der Waals surface area contributed by atoms with Crippen molar-refractivity contribution in [2.24, 2.45) is 0 Å². The standard InChI is InChI=1S/C43H47N2O.BrH/c1-5-45(6-2,31-35-26-32(3)25-33(4)27-35)24-14-13-23-44(30-34-21-22-36-15-7-8-16-37(36)28-34)43(46)42-40-19-11-9-17-38(40)29-39-18-10-12-20-41(39)42;/h7-12,15-22,25-29H,5-6,13-14,23-24,30-31H2,1-4H3;1H/q+1;/p-1. The van der Waals surface area contributed by atoms with Crippen LogP contribution in [0.2, 0.25) is 0 Å². The fourth-order valence-electron chi connectivity index (χ4n) is 7.35. The van der Waals surface area contributed by atoms with E-state index in [1.165, 1.54) is 33.0 Å². The second kappa shape index (κ2) is 15.3. The number of rotatable bonds is 12. The molecule has 3 nitrogen and oxygen atoms in total. The van der Waals surface area contributed by atoms with Crippen LogP contribution in [0.4, 0.5) is 0 Å². The van der Waals surface area contributed by atoms with Crippen LogP contribution in [0.1, 0.15) is 59.3 Å².